The van der Waals surface area contributed by atoms with E-state index in [-0.39, 0.29) is 5.41 Å². The molecule has 2 rings (SSSR count). The quantitative estimate of drug-likeness (QED) is 0.849. The second kappa shape index (κ2) is 6.02. The van der Waals surface area contributed by atoms with Crippen LogP contribution in [0.1, 0.15) is 25.6 Å². The molecular weight excluding hydrogens is 256 g/mol. The Morgan fingerprint density at radius 2 is 1.95 bits per heavy atom. The minimum Gasteiger partial charge on any atom is -0.369 e. The summed E-state index contributed by atoms with van der Waals surface area (Å²) in [7, 11) is 0. The van der Waals surface area contributed by atoms with Crippen molar-refractivity contribution in [2.45, 2.75) is 26.2 Å². The Morgan fingerprint density at radius 3 is 2.58 bits per heavy atom. The van der Waals surface area contributed by atoms with E-state index in [1.807, 2.05) is 6.92 Å². The fourth-order valence-electron chi connectivity index (χ4n) is 1.78. The standard InChI is InChI=1S/C14H20N4S/c1-4-16-12-8-15-9-13(18-12)17-10-14(2,3)11-6-5-7-19-11/h5-9H,4,10H2,1-3H3,(H2,16,17,18). The van der Waals surface area contributed by atoms with Crippen molar-refractivity contribution in [3.05, 3.63) is 34.8 Å². The fraction of sp³-hybridized carbons (Fsp3) is 0.429. The van der Waals surface area contributed by atoms with Gasteiger partial charge in [0.05, 0.1) is 12.4 Å². The van der Waals surface area contributed by atoms with Gasteiger partial charge in [0.25, 0.3) is 0 Å². The lowest BCUT2D eigenvalue weighted by Crippen LogP contribution is -2.27. The van der Waals surface area contributed by atoms with E-state index < -0.39 is 0 Å². The molecule has 0 aliphatic carbocycles. The highest BCUT2D eigenvalue weighted by molar-refractivity contribution is 7.10. The normalized spacial score (nSPS) is 11.3. The van der Waals surface area contributed by atoms with Crippen LogP contribution in [0.3, 0.4) is 0 Å². The lowest BCUT2D eigenvalue weighted by atomic mass is 9.91. The van der Waals surface area contributed by atoms with Crippen LogP contribution >= 0.6 is 11.3 Å². The van der Waals surface area contributed by atoms with Crippen molar-refractivity contribution < 1.29 is 0 Å². The summed E-state index contributed by atoms with van der Waals surface area (Å²) in [5, 5.41) is 8.64. The molecule has 0 unspecified atom stereocenters. The van der Waals surface area contributed by atoms with Crippen LogP contribution in [0.2, 0.25) is 0 Å². The Hall–Kier alpha value is -1.62. The fourth-order valence-corrected chi connectivity index (χ4v) is 2.63. The van der Waals surface area contributed by atoms with Gasteiger partial charge in [-0.1, -0.05) is 19.9 Å². The summed E-state index contributed by atoms with van der Waals surface area (Å²) >= 11 is 1.79. The summed E-state index contributed by atoms with van der Waals surface area (Å²) in [6.45, 7) is 8.18. The van der Waals surface area contributed by atoms with Crippen molar-refractivity contribution in [1.29, 1.82) is 0 Å². The molecule has 0 atom stereocenters. The molecule has 2 N–H and O–H groups in total. The van der Waals surface area contributed by atoms with Gasteiger partial charge in [-0.25, -0.2) is 4.98 Å². The van der Waals surface area contributed by atoms with E-state index in [1.54, 1.807) is 23.7 Å². The third kappa shape index (κ3) is 3.67. The first-order valence-corrected chi connectivity index (χ1v) is 7.33. The zero-order valence-electron chi connectivity index (χ0n) is 11.6. The van der Waals surface area contributed by atoms with Gasteiger partial charge in [-0.3, -0.25) is 4.98 Å². The molecule has 2 aromatic rings. The maximum Gasteiger partial charge on any atom is 0.146 e. The zero-order chi connectivity index (χ0) is 13.7. The first kappa shape index (κ1) is 13.8. The highest BCUT2D eigenvalue weighted by Gasteiger charge is 2.21. The number of thiophene rings is 1. The molecule has 0 radical (unpaired) electrons. The van der Waals surface area contributed by atoms with Crippen LogP contribution in [0.5, 0.6) is 0 Å². The van der Waals surface area contributed by atoms with Gasteiger partial charge in [0.1, 0.15) is 11.6 Å². The summed E-state index contributed by atoms with van der Waals surface area (Å²) in [6.07, 6.45) is 3.49. The average molecular weight is 276 g/mol. The second-order valence-electron chi connectivity index (χ2n) is 5.03. The monoisotopic (exact) mass is 276 g/mol. The number of nitrogens with zero attached hydrogens (tertiary/aromatic N) is 2. The van der Waals surface area contributed by atoms with Crippen molar-refractivity contribution in [2.24, 2.45) is 0 Å². The number of anilines is 2. The van der Waals surface area contributed by atoms with E-state index in [0.29, 0.717) is 0 Å². The first-order chi connectivity index (χ1) is 9.12. The average Bonchev–Trinajstić information content (AvgIpc) is 2.92. The Labute approximate surface area is 118 Å². The van der Waals surface area contributed by atoms with Gasteiger partial charge in [0.2, 0.25) is 0 Å². The summed E-state index contributed by atoms with van der Waals surface area (Å²) in [5.41, 5.74) is 0.0873. The van der Waals surface area contributed by atoms with Crippen LogP contribution in [0.15, 0.2) is 29.9 Å². The molecule has 4 nitrogen and oxygen atoms in total. The number of hydrogen-bond acceptors (Lipinski definition) is 5. The van der Waals surface area contributed by atoms with Crippen LogP contribution in [-0.4, -0.2) is 23.1 Å². The molecule has 0 saturated heterocycles. The van der Waals surface area contributed by atoms with Crippen LogP contribution in [0.25, 0.3) is 0 Å². The SMILES string of the molecule is CCNc1cncc(NCC(C)(C)c2cccs2)n1. The van der Waals surface area contributed by atoms with E-state index in [9.17, 15) is 0 Å². The number of rotatable bonds is 6. The van der Waals surface area contributed by atoms with Crippen LogP contribution in [0, 0.1) is 0 Å². The molecule has 0 spiro atoms. The molecule has 0 amide bonds. The van der Waals surface area contributed by atoms with Crippen LogP contribution in [0.4, 0.5) is 11.6 Å². The second-order valence-corrected chi connectivity index (χ2v) is 5.98. The minimum atomic E-state index is 0.0873. The van der Waals surface area contributed by atoms with E-state index in [4.69, 9.17) is 0 Å². The Balaban J connectivity index is 2.00. The summed E-state index contributed by atoms with van der Waals surface area (Å²) in [6, 6.07) is 4.26. The number of hydrogen-bond donors (Lipinski definition) is 2. The van der Waals surface area contributed by atoms with E-state index >= 15 is 0 Å². The van der Waals surface area contributed by atoms with Crippen molar-refractivity contribution in [3.63, 3.8) is 0 Å². The Kier molecular flexibility index (Phi) is 4.37. The molecule has 0 fully saturated rings. The van der Waals surface area contributed by atoms with Crippen molar-refractivity contribution in [3.8, 4) is 0 Å². The molecule has 0 bridgehead atoms. The highest BCUT2D eigenvalue weighted by Crippen LogP contribution is 2.27. The molecule has 5 heteroatoms. The lowest BCUT2D eigenvalue weighted by molar-refractivity contribution is 0.568. The predicted octanol–water partition coefficient (Wildman–Crippen LogP) is 3.36. The Bertz CT molecular complexity index is 508. The van der Waals surface area contributed by atoms with Crippen LogP contribution in [-0.2, 0) is 5.41 Å². The van der Waals surface area contributed by atoms with Crippen LogP contribution < -0.4 is 10.6 Å². The molecule has 0 saturated carbocycles. The Morgan fingerprint density at radius 1 is 1.21 bits per heavy atom. The van der Waals surface area contributed by atoms with Crippen molar-refractivity contribution in [2.75, 3.05) is 23.7 Å². The van der Waals surface area contributed by atoms with Gasteiger partial charge >= 0.3 is 0 Å². The van der Waals surface area contributed by atoms with Gasteiger partial charge in [0.15, 0.2) is 0 Å². The molecule has 0 aromatic carbocycles. The topological polar surface area (TPSA) is 49.8 Å². The summed E-state index contributed by atoms with van der Waals surface area (Å²) < 4.78 is 0. The van der Waals surface area contributed by atoms with E-state index in [0.717, 1.165) is 24.7 Å². The smallest absolute Gasteiger partial charge is 0.146 e. The van der Waals surface area contributed by atoms with Gasteiger partial charge in [-0.15, -0.1) is 11.3 Å². The van der Waals surface area contributed by atoms with Gasteiger partial charge < -0.3 is 10.6 Å². The van der Waals surface area contributed by atoms with Gasteiger partial charge in [-0.2, -0.15) is 0 Å². The van der Waals surface area contributed by atoms with E-state index in [2.05, 4.69) is 52.0 Å². The maximum atomic E-state index is 4.47. The molecule has 19 heavy (non-hydrogen) atoms. The molecule has 2 aromatic heterocycles. The molecule has 0 aliphatic rings. The molecule has 0 aliphatic heterocycles. The zero-order valence-corrected chi connectivity index (χ0v) is 12.4. The first-order valence-electron chi connectivity index (χ1n) is 6.45. The number of nitrogens with one attached hydrogen (secondary N) is 2. The summed E-state index contributed by atoms with van der Waals surface area (Å²) in [5.74, 6) is 1.62. The third-order valence-electron chi connectivity index (χ3n) is 2.89. The lowest BCUT2D eigenvalue weighted by Gasteiger charge is -2.24. The molecule has 102 valence electrons. The maximum absolute atomic E-state index is 4.47. The minimum absolute atomic E-state index is 0.0873. The van der Waals surface area contributed by atoms with Gasteiger partial charge in [-0.05, 0) is 18.4 Å². The van der Waals surface area contributed by atoms with Crippen molar-refractivity contribution in [1.82, 2.24) is 9.97 Å². The summed E-state index contributed by atoms with van der Waals surface area (Å²) in [4.78, 5) is 10.0. The highest BCUT2D eigenvalue weighted by atomic mass is 32.1. The largest absolute Gasteiger partial charge is 0.369 e. The molecular formula is C14H20N4S. The molecule has 2 heterocycles. The predicted molar refractivity (Wildman–Crippen MR) is 82.0 cm³/mol. The number of aromatic nitrogens is 2. The third-order valence-corrected chi connectivity index (χ3v) is 4.13. The van der Waals surface area contributed by atoms with Crippen molar-refractivity contribution >= 4 is 23.0 Å². The van der Waals surface area contributed by atoms with Gasteiger partial charge in [0, 0.05) is 23.4 Å². The van der Waals surface area contributed by atoms with E-state index in [1.165, 1.54) is 4.88 Å².